The fraction of sp³-hybridized carbons (Fsp3) is 0.200. The second-order valence-electron chi connectivity index (χ2n) is 6.85. The fourth-order valence-corrected chi connectivity index (χ4v) is 3.16. The van der Waals surface area contributed by atoms with Gasteiger partial charge in [0.1, 0.15) is 17.8 Å². The molecule has 1 aromatic carbocycles. The Balaban J connectivity index is 1.53. The lowest BCUT2D eigenvalue weighted by molar-refractivity contribution is -0.143. The molecule has 0 aliphatic rings. The summed E-state index contributed by atoms with van der Waals surface area (Å²) in [4.78, 5) is 20.8. The average Bonchev–Trinajstić information content (AvgIpc) is 3.31. The van der Waals surface area contributed by atoms with Gasteiger partial charge in [-0.3, -0.25) is 14.6 Å². The van der Waals surface area contributed by atoms with Gasteiger partial charge in [-0.2, -0.15) is 18.3 Å². The van der Waals surface area contributed by atoms with Gasteiger partial charge in [-0.05, 0) is 31.3 Å². The maximum Gasteiger partial charge on any atom is 0.433 e. The molecule has 32 heavy (non-hydrogen) atoms. The zero-order chi connectivity index (χ0) is 22.9. The number of hydrogen-bond acceptors (Lipinski definition) is 6. The first kappa shape index (κ1) is 21.3. The number of rotatable bonds is 5. The molecule has 4 rings (SSSR count). The van der Waals surface area contributed by atoms with Gasteiger partial charge >= 0.3 is 12.2 Å². The minimum atomic E-state index is -4.57. The molecule has 9 nitrogen and oxygen atoms in total. The third kappa shape index (κ3) is 4.39. The number of benzene rings is 1. The Morgan fingerprint density at radius 3 is 2.69 bits per heavy atom. The molecule has 0 saturated heterocycles. The molecule has 0 unspecified atom stereocenters. The number of hydrogen-bond donors (Lipinski definition) is 2. The number of halogens is 3. The molecular formula is C20H18F3N7O2. The van der Waals surface area contributed by atoms with Crippen molar-refractivity contribution in [3.05, 3.63) is 60.3 Å². The van der Waals surface area contributed by atoms with Crippen molar-refractivity contribution in [2.75, 3.05) is 12.4 Å². The first-order chi connectivity index (χ1) is 15.2. The summed E-state index contributed by atoms with van der Waals surface area (Å²) in [6.07, 6.45) is -1.66. The van der Waals surface area contributed by atoms with Crippen LogP contribution in [0.2, 0.25) is 0 Å². The fourth-order valence-electron chi connectivity index (χ4n) is 3.16. The Morgan fingerprint density at radius 1 is 1.16 bits per heavy atom. The topological polar surface area (TPSA) is 98.9 Å². The molecule has 1 amide bonds. The van der Waals surface area contributed by atoms with Gasteiger partial charge in [0.15, 0.2) is 5.82 Å². The highest BCUT2D eigenvalue weighted by atomic mass is 19.4. The highest BCUT2D eigenvalue weighted by Gasteiger charge is 2.35. The lowest BCUT2D eigenvalue weighted by Gasteiger charge is -2.08. The van der Waals surface area contributed by atoms with E-state index in [-0.39, 0.29) is 5.82 Å². The van der Waals surface area contributed by atoms with Crippen molar-refractivity contribution >= 4 is 22.8 Å². The van der Waals surface area contributed by atoms with Crippen LogP contribution in [0.1, 0.15) is 11.4 Å². The van der Waals surface area contributed by atoms with E-state index in [1.165, 1.54) is 17.1 Å². The molecule has 0 aliphatic carbocycles. The number of aromatic nitrogens is 5. The van der Waals surface area contributed by atoms with E-state index >= 15 is 0 Å². The summed E-state index contributed by atoms with van der Waals surface area (Å²) < 4.78 is 46.5. The van der Waals surface area contributed by atoms with E-state index in [2.05, 4.69) is 25.7 Å². The first-order valence-electron chi connectivity index (χ1n) is 9.41. The van der Waals surface area contributed by atoms with Crippen molar-refractivity contribution < 1.29 is 22.7 Å². The summed E-state index contributed by atoms with van der Waals surface area (Å²) in [7, 11) is 2.96. The van der Waals surface area contributed by atoms with Crippen LogP contribution < -0.4 is 15.4 Å². The maximum atomic E-state index is 12.9. The van der Waals surface area contributed by atoms with Gasteiger partial charge in [-0.1, -0.05) is 0 Å². The number of alkyl halides is 3. The number of nitrogens with zero attached hydrogens (tertiary/aromatic N) is 5. The molecule has 0 spiro atoms. The van der Waals surface area contributed by atoms with Gasteiger partial charge in [-0.25, -0.2) is 14.8 Å². The molecule has 0 saturated carbocycles. The number of amides is 1. The number of aryl methyl sites for hydroxylation is 1. The van der Waals surface area contributed by atoms with Gasteiger partial charge in [-0.15, -0.1) is 0 Å². The van der Waals surface area contributed by atoms with Crippen LogP contribution in [-0.4, -0.2) is 37.4 Å². The van der Waals surface area contributed by atoms with Crippen LogP contribution in [0, 0.1) is 0 Å². The van der Waals surface area contributed by atoms with Crippen LogP contribution in [0.5, 0.6) is 11.6 Å². The second kappa shape index (κ2) is 8.30. The van der Waals surface area contributed by atoms with Gasteiger partial charge in [0.2, 0.25) is 5.88 Å². The van der Waals surface area contributed by atoms with Crippen molar-refractivity contribution in [3.8, 4) is 11.6 Å². The van der Waals surface area contributed by atoms with Gasteiger partial charge < -0.3 is 10.1 Å². The average molecular weight is 445 g/mol. The normalized spacial score (nSPS) is 11.7. The first-order valence-corrected chi connectivity index (χ1v) is 9.41. The van der Waals surface area contributed by atoms with Crippen LogP contribution in [0.25, 0.3) is 10.9 Å². The SMILES string of the molecule is CNCc1cc(Oc2ccc3c(ccn3C(=O)Nc3cc(C(F)(F)F)n(C)n3)c2)ncn1. The highest BCUT2D eigenvalue weighted by Crippen LogP contribution is 2.30. The smallest absolute Gasteiger partial charge is 0.433 e. The Kier molecular flexibility index (Phi) is 5.53. The molecule has 0 bridgehead atoms. The van der Waals surface area contributed by atoms with E-state index in [0.717, 1.165) is 18.8 Å². The van der Waals surface area contributed by atoms with E-state index in [0.29, 0.717) is 33.8 Å². The van der Waals surface area contributed by atoms with Crippen LogP contribution in [0.3, 0.4) is 0 Å². The largest absolute Gasteiger partial charge is 0.439 e. The van der Waals surface area contributed by atoms with E-state index in [4.69, 9.17) is 4.74 Å². The van der Waals surface area contributed by atoms with E-state index < -0.39 is 17.9 Å². The summed E-state index contributed by atoms with van der Waals surface area (Å²) in [5, 5.41) is 9.77. The third-order valence-corrected chi connectivity index (χ3v) is 4.56. The quantitative estimate of drug-likeness (QED) is 0.485. The zero-order valence-corrected chi connectivity index (χ0v) is 17.0. The highest BCUT2D eigenvalue weighted by molar-refractivity contribution is 5.98. The van der Waals surface area contributed by atoms with E-state index in [1.54, 1.807) is 37.4 Å². The summed E-state index contributed by atoms with van der Waals surface area (Å²) in [5.74, 6) is 0.675. The molecule has 4 aromatic rings. The molecule has 0 radical (unpaired) electrons. The molecule has 0 fully saturated rings. The number of carbonyl (C=O) groups is 1. The molecule has 12 heteroatoms. The maximum absolute atomic E-state index is 12.9. The second-order valence-corrected chi connectivity index (χ2v) is 6.85. The Bertz CT molecular complexity index is 1280. The van der Waals surface area contributed by atoms with Gasteiger partial charge in [0.05, 0.1) is 11.2 Å². The number of nitrogens with one attached hydrogen (secondary N) is 2. The predicted octanol–water partition coefficient (Wildman–Crippen LogP) is 3.78. The third-order valence-electron chi connectivity index (χ3n) is 4.56. The van der Waals surface area contributed by atoms with Crippen LogP contribution in [-0.2, 0) is 19.8 Å². The monoisotopic (exact) mass is 445 g/mol. The summed E-state index contributed by atoms with van der Waals surface area (Å²) >= 11 is 0. The number of carbonyl (C=O) groups excluding carboxylic acids is 1. The summed E-state index contributed by atoms with van der Waals surface area (Å²) in [6.45, 7) is 0.566. The molecule has 3 heterocycles. The van der Waals surface area contributed by atoms with Crippen LogP contribution >= 0.6 is 0 Å². The molecule has 2 N–H and O–H groups in total. The minimum Gasteiger partial charge on any atom is -0.439 e. The molecule has 0 aliphatic heterocycles. The lowest BCUT2D eigenvalue weighted by atomic mass is 10.2. The minimum absolute atomic E-state index is 0.201. The van der Waals surface area contributed by atoms with E-state index in [1.807, 2.05) is 0 Å². The Morgan fingerprint density at radius 2 is 1.97 bits per heavy atom. The molecule has 3 aromatic heterocycles. The Labute approximate surface area is 179 Å². The molecule has 0 atom stereocenters. The van der Waals surface area contributed by atoms with Gasteiger partial charge in [0, 0.05) is 37.3 Å². The zero-order valence-electron chi connectivity index (χ0n) is 17.0. The number of ether oxygens (including phenoxy) is 1. The molecule has 166 valence electrons. The summed E-state index contributed by atoms with van der Waals surface area (Å²) in [5.41, 5.74) is 0.347. The summed E-state index contributed by atoms with van der Waals surface area (Å²) in [6, 6.07) is 8.58. The predicted molar refractivity (Wildman–Crippen MR) is 109 cm³/mol. The van der Waals surface area contributed by atoms with Crippen molar-refractivity contribution in [2.24, 2.45) is 7.05 Å². The van der Waals surface area contributed by atoms with Crippen molar-refractivity contribution in [1.29, 1.82) is 0 Å². The Hall–Kier alpha value is -3.93. The van der Waals surface area contributed by atoms with Gasteiger partial charge in [0.25, 0.3) is 0 Å². The van der Waals surface area contributed by atoms with Crippen molar-refractivity contribution in [3.63, 3.8) is 0 Å². The van der Waals surface area contributed by atoms with Crippen molar-refractivity contribution in [2.45, 2.75) is 12.7 Å². The van der Waals surface area contributed by atoms with Crippen molar-refractivity contribution in [1.82, 2.24) is 29.6 Å². The number of fused-ring (bicyclic) bond motifs is 1. The van der Waals surface area contributed by atoms with E-state index in [9.17, 15) is 18.0 Å². The molecular weight excluding hydrogens is 427 g/mol. The van der Waals surface area contributed by atoms with Crippen LogP contribution in [0.4, 0.5) is 23.8 Å². The standard InChI is InChI=1S/C20H18F3N7O2/c1-24-10-13-8-18(26-11-25-13)32-14-3-4-15-12(7-14)5-6-30(15)19(31)27-17-9-16(20(21,22)23)29(2)28-17/h3-9,11,24H,10H2,1-2H3,(H,27,28,31). The number of anilines is 1. The van der Waals surface area contributed by atoms with Crippen LogP contribution in [0.15, 0.2) is 48.9 Å². The lowest BCUT2D eigenvalue weighted by Crippen LogP contribution is -2.18.